The monoisotopic (exact) mass is 352 g/mol. The summed E-state index contributed by atoms with van der Waals surface area (Å²) in [4.78, 5) is 2.57. The average Bonchev–Trinajstić information content (AvgIpc) is 2.86. The Kier molecular flexibility index (Phi) is 5.37. The van der Waals surface area contributed by atoms with Crippen molar-refractivity contribution in [1.82, 2.24) is 5.32 Å². The number of nitrogens with zero attached hydrogens (tertiary/aromatic N) is 1. The van der Waals surface area contributed by atoms with Crippen LogP contribution in [0.4, 0.5) is 5.69 Å². The van der Waals surface area contributed by atoms with Gasteiger partial charge in [-0.1, -0.05) is 56.6 Å². The molecule has 1 aliphatic heterocycles. The quantitative estimate of drug-likeness (QED) is 0.835. The second-order valence-corrected chi connectivity index (χ2v) is 8.52. The Balaban J connectivity index is 2.17. The zero-order valence-corrected chi connectivity index (χ0v) is 15.6. The van der Waals surface area contributed by atoms with Gasteiger partial charge in [-0.15, -0.1) is 0 Å². The first-order valence-electron chi connectivity index (χ1n) is 8.04. The Morgan fingerprint density at radius 1 is 1.33 bits per heavy atom. The van der Waals surface area contributed by atoms with Crippen molar-refractivity contribution in [3.63, 3.8) is 0 Å². The van der Waals surface area contributed by atoms with Crippen molar-refractivity contribution in [2.45, 2.75) is 53.6 Å². The fourth-order valence-corrected chi connectivity index (χ4v) is 3.33. The molecule has 1 aromatic rings. The maximum Gasteiger partial charge on any atom is 0.0423 e. The van der Waals surface area contributed by atoms with Gasteiger partial charge in [-0.05, 0) is 35.4 Å². The summed E-state index contributed by atoms with van der Waals surface area (Å²) >= 11 is 3.63. The maximum absolute atomic E-state index is 3.63. The highest BCUT2D eigenvalue weighted by Gasteiger charge is 2.32. The summed E-state index contributed by atoms with van der Waals surface area (Å²) in [6.45, 7) is 14.8. The van der Waals surface area contributed by atoms with Gasteiger partial charge in [0.2, 0.25) is 0 Å². The average molecular weight is 353 g/mol. The van der Waals surface area contributed by atoms with Gasteiger partial charge in [0.1, 0.15) is 0 Å². The molecule has 1 heterocycles. The van der Waals surface area contributed by atoms with E-state index in [1.807, 2.05) is 0 Å². The summed E-state index contributed by atoms with van der Waals surface area (Å²) < 4.78 is 1.17. The number of nitrogens with one attached hydrogen (secondary N) is 1. The summed E-state index contributed by atoms with van der Waals surface area (Å²) in [6.07, 6.45) is 1.30. The van der Waals surface area contributed by atoms with E-state index in [0.29, 0.717) is 11.5 Å². The molecule has 1 atom stereocenters. The van der Waals surface area contributed by atoms with Crippen LogP contribution in [-0.4, -0.2) is 19.1 Å². The van der Waals surface area contributed by atoms with Gasteiger partial charge in [0.25, 0.3) is 0 Å². The van der Waals surface area contributed by atoms with Crippen LogP contribution in [-0.2, 0) is 6.54 Å². The van der Waals surface area contributed by atoms with Gasteiger partial charge in [0.15, 0.2) is 0 Å². The Hall–Kier alpha value is -0.540. The number of hydrogen-bond donors (Lipinski definition) is 1. The van der Waals surface area contributed by atoms with E-state index in [-0.39, 0.29) is 0 Å². The van der Waals surface area contributed by atoms with E-state index in [1.165, 1.54) is 35.2 Å². The fraction of sp³-hybridized carbons (Fsp3) is 0.667. The summed E-state index contributed by atoms with van der Waals surface area (Å²) in [5, 5.41) is 3.54. The molecule has 2 nitrogen and oxygen atoms in total. The third-order valence-corrected chi connectivity index (χ3v) is 5.00. The summed E-state index contributed by atoms with van der Waals surface area (Å²) in [6, 6.07) is 7.20. The summed E-state index contributed by atoms with van der Waals surface area (Å²) in [5.41, 5.74) is 3.20. The van der Waals surface area contributed by atoms with Crippen LogP contribution in [0.25, 0.3) is 0 Å². The highest BCUT2D eigenvalue weighted by Crippen LogP contribution is 2.37. The predicted octanol–water partition coefficient (Wildman–Crippen LogP) is 4.82. The summed E-state index contributed by atoms with van der Waals surface area (Å²) in [7, 11) is 0. The Bertz CT molecular complexity index is 477. The zero-order chi connectivity index (χ0) is 15.6. The van der Waals surface area contributed by atoms with Crippen molar-refractivity contribution in [3.8, 4) is 0 Å². The fourth-order valence-electron chi connectivity index (χ4n) is 2.98. The van der Waals surface area contributed by atoms with Gasteiger partial charge < -0.3 is 10.2 Å². The number of benzene rings is 1. The molecule has 1 saturated heterocycles. The van der Waals surface area contributed by atoms with Crippen molar-refractivity contribution in [2.75, 3.05) is 18.0 Å². The molecule has 118 valence electrons. The smallest absolute Gasteiger partial charge is 0.0423 e. The molecule has 0 saturated carbocycles. The highest BCUT2D eigenvalue weighted by molar-refractivity contribution is 9.10. The minimum absolute atomic E-state index is 0.400. The molecule has 0 aromatic heterocycles. The summed E-state index contributed by atoms with van der Waals surface area (Å²) in [5.74, 6) is 0.780. The molecule has 0 spiro atoms. The van der Waals surface area contributed by atoms with Crippen molar-refractivity contribution in [2.24, 2.45) is 11.3 Å². The second-order valence-electron chi connectivity index (χ2n) is 7.61. The van der Waals surface area contributed by atoms with Crippen LogP contribution >= 0.6 is 15.9 Å². The topological polar surface area (TPSA) is 15.3 Å². The van der Waals surface area contributed by atoms with Crippen LogP contribution in [0.2, 0.25) is 0 Å². The third kappa shape index (κ3) is 4.46. The van der Waals surface area contributed by atoms with Crippen LogP contribution in [0.15, 0.2) is 22.7 Å². The van der Waals surface area contributed by atoms with Crippen molar-refractivity contribution >= 4 is 21.6 Å². The van der Waals surface area contributed by atoms with Crippen molar-refractivity contribution < 1.29 is 0 Å². The number of halogens is 1. The lowest BCUT2D eigenvalue weighted by atomic mass is 9.80. The van der Waals surface area contributed by atoms with E-state index in [9.17, 15) is 0 Å². The first kappa shape index (κ1) is 16.8. The lowest BCUT2D eigenvalue weighted by Crippen LogP contribution is -2.28. The molecule has 1 unspecified atom stereocenters. The van der Waals surface area contributed by atoms with E-state index in [1.54, 1.807) is 0 Å². The molecular weight excluding hydrogens is 324 g/mol. The number of rotatable bonds is 4. The Morgan fingerprint density at radius 3 is 2.62 bits per heavy atom. The minimum Gasteiger partial charge on any atom is -0.371 e. The standard InChI is InChI=1S/C18H29BrN2/c1-13(2)20-11-14-6-7-16(19)10-17(14)21-9-8-15(12-21)18(3,4)5/h6-7,10,13,15,20H,8-9,11-12H2,1-5H3. The molecule has 3 heteroatoms. The Morgan fingerprint density at radius 2 is 2.05 bits per heavy atom. The lowest BCUT2D eigenvalue weighted by Gasteiger charge is -2.28. The number of hydrogen-bond acceptors (Lipinski definition) is 2. The number of anilines is 1. The Labute approximate surface area is 138 Å². The van der Waals surface area contributed by atoms with Gasteiger partial charge in [-0.2, -0.15) is 0 Å². The van der Waals surface area contributed by atoms with Gasteiger partial charge in [0, 0.05) is 35.8 Å². The molecule has 21 heavy (non-hydrogen) atoms. The second kappa shape index (κ2) is 6.70. The lowest BCUT2D eigenvalue weighted by molar-refractivity contribution is 0.263. The van der Waals surface area contributed by atoms with Crippen LogP contribution in [0.3, 0.4) is 0 Å². The van der Waals surface area contributed by atoms with E-state index < -0.39 is 0 Å². The largest absolute Gasteiger partial charge is 0.371 e. The van der Waals surface area contributed by atoms with Crippen LogP contribution in [0.1, 0.15) is 46.6 Å². The highest BCUT2D eigenvalue weighted by atomic mass is 79.9. The normalized spacial score (nSPS) is 19.6. The van der Waals surface area contributed by atoms with E-state index >= 15 is 0 Å². The van der Waals surface area contributed by atoms with E-state index in [4.69, 9.17) is 0 Å². The van der Waals surface area contributed by atoms with Gasteiger partial charge in [-0.25, -0.2) is 0 Å². The molecular formula is C18H29BrN2. The van der Waals surface area contributed by atoms with E-state index in [2.05, 4.69) is 79.0 Å². The third-order valence-electron chi connectivity index (χ3n) is 4.50. The van der Waals surface area contributed by atoms with Crippen LogP contribution < -0.4 is 10.2 Å². The molecule has 1 N–H and O–H groups in total. The molecule has 0 radical (unpaired) electrons. The van der Waals surface area contributed by atoms with Crippen molar-refractivity contribution in [3.05, 3.63) is 28.2 Å². The maximum atomic E-state index is 3.63. The first-order valence-corrected chi connectivity index (χ1v) is 8.83. The molecule has 1 aromatic carbocycles. The van der Waals surface area contributed by atoms with Crippen LogP contribution in [0, 0.1) is 11.3 Å². The van der Waals surface area contributed by atoms with E-state index in [0.717, 1.165) is 12.5 Å². The molecule has 0 bridgehead atoms. The first-order chi connectivity index (χ1) is 9.77. The molecule has 1 fully saturated rings. The molecule has 1 aliphatic rings. The van der Waals surface area contributed by atoms with Gasteiger partial charge >= 0.3 is 0 Å². The SMILES string of the molecule is CC(C)NCc1ccc(Br)cc1N1CCC(C(C)(C)C)C1. The molecule has 0 aliphatic carbocycles. The van der Waals surface area contributed by atoms with Gasteiger partial charge in [-0.3, -0.25) is 0 Å². The van der Waals surface area contributed by atoms with Gasteiger partial charge in [0.05, 0.1) is 0 Å². The van der Waals surface area contributed by atoms with Crippen molar-refractivity contribution in [1.29, 1.82) is 0 Å². The van der Waals surface area contributed by atoms with Crippen LogP contribution in [0.5, 0.6) is 0 Å². The zero-order valence-electron chi connectivity index (χ0n) is 14.0. The predicted molar refractivity (Wildman–Crippen MR) is 95.9 cm³/mol. The molecule has 0 amide bonds. The minimum atomic E-state index is 0.400. The molecule has 2 rings (SSSR count).